The normalized spacial score (nSPS) is 16.1. The Morgan fingerprint density at radius 1 is 1.26 bits per heavy atom. The van der Waals surface area contributed by atoms with E-state index in [1.165, 1.54) is 0 Å². The van der Waals surface area contributed by atoms with Crippen molar-refractivity contribution in [2.75, 3.05) is 40.5 Å². The second-order valence-corrected chi connectivity index (χ2v) is 8.67. The summed E-state index contributed by atoms with van der Waals surface area (Å²) in [6.45, 7) is 9.75. The molecule has 5 heteroatoms. The average Bonchev–Trinajstić information content (AvgIpc) is 2.82. The van der Waals surface area contributed by atoms with E-state index in [-0.39, 0.29) is 12.0 Å². The fourth-order valence-corrected chi connectivity index (χ4v) is 3.78. The molecule has 1 N–H and O–H groups in total. The van der Waals surface area contributed by atoms with Crippen molar-refractivity contribution in [3.05, 3.63) is 90.3 Å². The lowest BCUT2D eigenvalue weighted by atomic mass is 9.86. The Labute approximate surface area is 203 Å². The largest absolute Gasteiger partial charge is 0.395 e. The van der Waals surface area contributed by atoms with Crippen LogP contribution in [-0.4, -0.2) is 61.2 Å². The highest BCUT2D eigenvalue weighted by atomic mass is 16.5. The number of rotatable bonds is 10. The van der Waals surface area contributed by atoms with Gasteiger partial charge in [-0.1, -0.05) is 43.0 Å². The van der Waals surface area contributed by atoms with Crippen molar-refractivity contribution in [1.82, 2.24) is 9.88 Å². The molecule has 1 fully saturated rings. The zero-order chi connectivity index (χ0) is 24.6. The topological polar surface area (TPSA) is 58.0 Å². The van der Waals surface area contributed by atoms with Crippen molar-refractivity contribution in [3.8, 4) is 11.3 Å². The number of hydrogen-bond donors (Lipinski definition) is 1. The number of aliphatic hydroxyl groups is 1. The number of allylic oxidation sites excluding steroid dienone is 4. The molecule has 5 nitrogen and oxygen atoms in total. The van der Waals surface area contributed by atoms with Crippen LogP contribution in [0.5, 0.6) is 0 Å². The van der Waals surface area contributed by atoms with Gasteiger partial charge >= 0.3 is 0 Å². The maximum absolute atomic E-state index is 9.86. The second kappa shape index (κ2) is 11.7. The summed E-state index contributed by atoms with van der Waals surface area (Å²) in [5.74, 6) is 0. The number of ether oxygens (including phenoxy) is 1. The maximum atomic E-state index is 9.86. The quantitative estimate of drug-likeness (QED) is 0.391. The molecule has 3 rings (SSSR count). The highest BCUT2D eigenvalue weighted by molar-refractivity contribution is 6.10. The van der Waals surface area contributed by atoms with E-state index in [0.717, 1.165) is 39.4 Å². The fraction of sp³-hybridized carbons (Fsp3) is 0.310. The maximum Gasteiger partial charge on any atom is 0.0728 e. The molecule has 0 atom stereocenters. The Morgan fingerprint density at radius 3 is 2.65 bits per heavy atom. The zero-order valence-electron chi connectivity index (χ0n) is 20.7. The number of benzene rings is 1. The number of aliphatic hydroxyl groups excluding tert-OH is 1. The third-order valence-electron chi connectivity index (χ3n) is 5.65. The van der Waals surface area contributed by atoms with E-state index in [9.17, 15) is 5.11 Å². The number of aliphatic imine (C=N–C) groups is 1. The third-order valence-corrected chi connectivity index (χ3v) is 5.65. The Hall–Kier alpha value is -3.28. The van der Waals surface area contributed by atoms with Crippen LogP contribution in [0.25, 0.3) is 22.9 Å². The van der Waals surface area contributed by atoms with Crippen molar-refractivity contribution < 1.29 is 9.84 Å². The van der Waals surface area contributed by atoms with Gasteiger partial charge in [-0.25, -0.2) is 4.98 Å². The molecule has 0 amide bonds. The molecule has 2 heterocycles. The van der Waals surface area contributed by atoms with Gasteiger partial charge in [0.05, 0.1) is 42.3 Å². The summed E-state index contributed by atoms with van der Waals surface area (Å²) in [4.78, 5) is 11.7. The van der Waals surface area contributed by atoms with Crippen LogP contribution in [0.1, 0.15) is 30.7 Å². The van der Waals surface area contributed by atoms with Crippen LogP contribution in [-0.2, 0) is 4.74 Å². The third kappa shape index (κ3) is 5.99. The molecule has 1 aromatic carbocycles. The van der Waals surface area contributed by atoms with Crippen LogP contribution in [0, 0.1) is 5.41 Å². The van der Waals surface area contributed by atoms with Crippen molar-refractivity contribution in [2.24, 2.45) is 10.4 Å². The summed E-state index contributed by atoms with van der Waals surface area (Å²) in [6.07, 6.45) is 11.9. The van der Waals surface area contributed by atoms with E-state index in [4.69, 9.17) is 9.72 Å². The van der Waals surface area contributed by atoms with Gasteiger partial charge in [0.25, 0.3) is 0 Å². The SMILES string of the molecule is C=C/C(=C\N(C)C)c1cccc(-c2ccc(C(/C=C\C)=NCC)c(/C=C/C3(CO)COC3)n2)c1. The Balaban J connectivity index is 2.10. The molecule has 0 spiro atoms. The number of aromatic nitrogens is 1. The van der Waals surface area contributed by atoms with Crippen LogP contribution in [0.4, 0.5) is 0 Å². The predicted molar refractivity (Wildman–Crippen MR) is 143 cm³/mol. The molecule has 34 heavy (non-hydrogen) atoms. The summed E-state index contributed by atoms with van der Waals surface area (Å²) >= 11 is 0. The molecule has 178 valence electrons. The van der Waals surface area contributed by atoms with Gasteiger partial charge in [0.2, 0.25) is 0 Å². The monoisotopic (exact) mass is 457 g/mol. The number of hydrogen-bond acceptors (Lipinski definition) is 5. The minimum absolute atomic E-state index is 0.0495. The second-order valence-electron chi connectivity index (χ2n) is 8.67. The van der Waals surface area contributed by atoms with Gasteiger partial charge in [-0.15, -0.1) is 0 Å². The van der Waals surface area contributed by atoms with Crippen LogP contribution in [0.2, 0.25) is 0 Å². The first-order valence-corrected chi connectivity index (χ1v) is 11.6. The van der Waals surface area contributed by atoms with E-state index in [1.54, 1.807) is 0 Å². The number of nitrogens with zero attached hydrogens (tertiary/aromatic N) is 3. The lowest BCUT2D eigenvalue weighted by Gasteiger charge is -2.37. The lowest BCUT2D eigenvalue weighted by molar-refractivity contribution is -0.105. The van der Waals surface area contributed by atoms with Gasteiger partial charge in [-0.05, 0) is 55.3 Å². The zero-order valence-corrected chi connectivity index (χ0v) is 20.7. The standard InChI is InChI=1S/C29H35N3O2/c1-6-10-27(30-8-3)25-13-14-26(31-28(25)15-16-29(19-33)20-34-21-29)24-12-9-11-23(17-24)22(7-2)18-32(4)5/h6-7,9-18,33H,2,8,19-21H2,1,3-5H3/b10-6-,16-15+,22-18+,30-27?. The molecular weight excluding hydrogens is 422 g/mol. The van der Waals surface area contributed by atoms with Gasteiger partial charge in [-0.2, -0.15) is 0 Å². The molecule has 0 radical (unpaired) electrons. The van der Waals surface area contributed by atoms with E-state index in [2.05, 4.69) is 42.0 Å². The van der Waals surface area contributed by atoms with E-state index in [1.807, 2.05) is 75.4 Å². The predicted octanol–water partition coefficient (Wildman–Crippen LogP) is 5.24. The Bertz CT molecular complexity index is 1120. The van der Waals surface area contributed by atoms with E-state index in [0.29, 0.717) is 19.8 Å². The van der Waals surface area contributed by atoms with E-state index >= 15 is 0 Å². The fourth-order valence-electron chi connectivity index (χ4n) is 3.78. The van der Waals surface area contributed by atoms with Gasteiger partial charge in [-0.3, -0.25) is 4.99 Å². The Kier molecular flexibility index (Phi) is 8.74. The lowest BCUT2D eigenvalue weighted by Crippen LogP contribution is -2.43. The molecule has 1 aromatic heterocycles. The van der Waals surface area contributed by atoms with E-state index < -0.39 is 0 Å². The molecule has 0 saturated carbocycles. The minimum atomic E-state index is -0.340. The minimum Gasteiger partial charge on any atom is -0.395 e. The first-order valence-electron chi connectivity index (χ1n) is 11.6. The van der Waals surface area contributed by atoms with Crippen molar-refractivity contribution in [3.63, 3.8) is 0 Å². The first kappa shape index (κ1) is 25.3. The molecule has 1 saturated heterocycles. The van der Waals surface area contributed by atoms with Gasteiger partial charge in [0, 0.05) is 38.0 Å². The molecule has 1 aliphatic rings. The molecular formula is C29H35N3O2. The molecule has 2 aromatic rings. The Morgan fingerprint density at radius 2 is 2.06 bits per heavy atom. The average molecular weight is 458 g/mol. The van der Waals surface area contributed by atoms with Crippen molar-refractivity contribution in [1.29, 1.82) is 0 Å². The van der Waals surface area contributed by atoms with Crippen molar-refractivity contribution >= 4 is 17.4 Å². The summed E-state index contributed by atoms with van der Waals surface area (Å²) in [7, 11) is 4.00. The summed E-state index contributed by atoms with van der Waals surface area (Å²) in [6, 6.07) is 12.4. The van der Waals surface area contributed by atoms with Crippen LogP contribution in [0.3, 0.4) is 0 Å². The van der Waals surface area contributed by atoms with Gasteiger partial charge < -0.3 is 14.7 Å². The molecule has 0 unspecified atom stereocenters. The van der Waals surface area contributed by atoms with Gasteiger partial charge in [0.15, 0.2) is 0 Å². The first-order chi connectivity index (χ1) is 16.4. The van der Waals surface area contributed by atoms with Crippen LogP contribution >= 0.6 is 0 Å². The summed E-state index contributed by atoms with van der Waals surface area (Å²) in [5, 5.41) is 9.86. The van der Waals surface area contributed by atoms with Crippen molar-refractivity contribution in [2.45, 2.75) is 13.8 Å². The molecule has 1 aliphatic heterocycles. The summed E-state index contributed by atoms with van der Waals surface area (Å²) < 4.78 is 5.36. The highest BCUT2D eigenvalue weighted by Crippen LogP contribution is 2.30. The van der Waals surface area contributed by atoms with Gasteiger partial charge in [0.1, 0.15) is 0 Å². The molecule has 0 bridgehead atoms. The van der Waals surface area contributed by atoms with Crippen LogP contribution < -0.4 is 0 Å². The molecule has 0 aliphatic carbocycles. The summed E-state index contributed by atoms with van der Waals surface area (Å²) in [5.41, 5.74) is 6.36. The number of pyridine rings is 1. The highest BCUT2D eigenvalue weighted by Gasteiger charge is 2.35. The smallest absolute Gasteiger partial charge is 0.0728 e. The van der Waals surface area contributed by atoms with Crippen LogP contribution in [0.15, 0.2) is 78.5 Å².